The topological polar surface area (TPSA) is 46.2 Å². The Balaban J connectivity index is 2.19. The number of hydrogen-bond acceptors (Lipinski definition) is 2. The van der Waals surface area contributed by atoms with E-state index in [0.717, 1.165) is 5.56 Å². The lowest BCUT2D eigenvalue weighted by Gasteiger charge is -2.35. The third-order valence-electron chi connectivity index (χ3n) is 4.37. The van der Waals surface area contributed by atoms with E-state index < -0.39 is 0 Å². The molecule has 3 N–H and O–H groups in total. The molecule has 0 heterocycles. The Labute approximate surface area is 110 Å². The summed E-state index contributed by atoms with van der Waals surface area (Å²) >= 11 is 0. The molecule has 1 aromatic rings. The highest BCUT2D eigenvalue weighted by Crippen LogP contribution is 2.43. The molecule has 1 fully saturated rings. The Kier molecular flexibility index (Phi) is 4.08. The number of hydrogen-bond donors (Lipinski definition) is 2. The van der Waals surface area contributed by atoms with Crippen LogP contribution >= 0.6 is 0 Å². The molecule has 0 saturated heterocycles. The highest BCUT2D eigenvalue weighted by atomic mass is 16.3. The first-order chi connectivity index (χ1) is 8.53. The van der Waals surface area contributed by atoms with Gasteiger partial charge >= 0.3 is 0 Å². The van der Waals surface area contributed by atoms with Crippen molar-refractivity contribution in [2.45, 2.75) is 51.5 Å². The lowest BCUT2D eigenvalue weighted by molar-refractivity contribution is 0.222. The normalized spacial score (nSPS) is 21.8. The smallest absolute Gasteiger partial charge is 0.0624 e. The van der Waals surface area contributed by atoms with Crippen LogP contribution in [0, 0.1) is 5.41 Å². The summed E-state index contributed by atoms with van der Waals surface area (Å²) in [5.41, 5.74) is 8.98. The number of rotatable bonds is 3. The van der Waals surface area contributed by atoms with Crippen molar-refractivity contribution in [2.75, 3.05) is 6.61 Å². The van der Waals surface area contributed by atoms with Gasteiger partial charge in [0.05, 0.1) is 12.6 Å². The first kappa shape index (κ1) is 13.6. The second kappa shape index (κ2) is 5.41. The van der Waals surface area contributed by atoms with Crippen LogP contribution in [0.3, 0.4) is 0 Å². The molecule has 0 spiro atoms. The average Bonchev–Trinajstić information content (AvgIpc) is 2.38. The maximum absolute atomic E-state index is 9.27. The number of aliphatic hydroxyl groups excluding tert-OH is 1. The Morgan fingerprint density at radius 1 is 1.28 bits per heavy atom. The summed E-state index contributed by atoms with van der Waals surface area (Å²) in [6.07, 6.45) is 5.03. The molecule has 1 aromatic carbocycles. The standard InChI is InChI=1S/C16H25NO/c1-16(2)9-7-12(8-10-16)13-5-3-4-6-14(13)15(17)11-18/h3-6,12,15,18H,7-11,17H2,1-2H3. The second-order valence-electron chi connectivity index (χ2n) is 6.36. The molecule has 2 nitrogen and oxygen atoms in total. The number of benzene rings is 1. The molecule has 0 bridgehead atoms. The van der Waals surface area contributed by atoms with E-state index >= 15 is 0 Å². The molecule has 1 aliphatic rings. The molecule has 0 aromatic heterocycles. The Hall–Kier alpha value is -0.860. The van der Waals surface area contributed by atoms with Crippen molar-refractivity contribution < 1.29 is 5.11 Å². The third kappa shape index (κ3) is 2.93. The van der Waals surface area contributed by atoms with E-state index in [4.69, 9.17) is 5.73 Å². The van der Waals surface area contributed by atoms with E-state index in [1.807, 2.05) is 6.07 Å². The van der Waals surface area contributed by atoms with Crippen LogP contribution in [0.25, 0.3) is 0 Å². The highest BCUT2D eigenvalue weighted by Gasteiger charge is 2.29. The molecule has 2 heteroatoms. The molecule has 1 saturated carbocycles. The van der Waals surface area contributed by atoms with Gasteiger partial charge in [-0.2, -0.15) is 0 Å². The Morgan fingerprint density at radius 3 is 2.50 bits per heavy atom. The Morgan fingerprint density at radius 2 is 1.89 bits per heavy atom. The minimum Gasteiger partial charge on any atom is -0.394 e. The molecule has 0 aliphatic heterocycles. The fraction of sp³-hybridized carbons (Fsp3) is 0.625. The fourth-order valence-corrected chi connectivity index (χ4v) is 3.03. The van der Waals surface area contributed by atoms with Crippen LogP contribution < -0.4 is 5.73 Å². The van der Waals surface area contributed by atoms with Gasteiger partial charge < -0.3 is 10.8 Å². The number of nitrogens with two attached hydrogens (primary N) is 1. The molecule has 100 valence electrons. The van der Waals surface area contributed by atoms with Gasteiger partial charge in [-0.15, -0.1) is 0 Å². The van der Waals surface area contributed by atoms with Gasteiger partial charge in [0, 0.05) is 0 Å². The van der Waals surface area contributed by atoms with Crippen LogP contribution in [0.2, 0.25) is 0 Å². The Bertz CT molecular complexity index is 390. The van der Waals surface area contributed by atoms with E-state index in [2.05, 4.69) is 32.0 Å². The zero-order valence-electron chi connectivity index (χ0n) is 11.5. The van der Waals surface area contributed by atoms with Gasteiger partial charge in [0.25, 0.3) is 0 Å². The minimum atomic E-state index is -0.240. The van der Waals surface area contributed by atoms with E-state index in [1.165, 1.54) is 31.2 Å². The van der Waals surface area contributed by atoms with Gasteiger partial charge in [0.15, 0.2) is 0 Å². The molecule has 2 rings (SSSR count). The predicted octanol–water partition coefficient (Wildman–Crippen LogP) is 3.36. The second-order valence-corrected chi connectivity index (χ2v) is 6.36. The molecule has 0 radical (unpaired) electrons. The summed E-state index contributed by atoms with van der Waals surface area (Å²) in [7, 11) is 0. The predicted molar refractivity (Wildman–Crippen MR) is 75.4 cm³/mol. The van der Waals surface area contributed by atoms with Crippen LogP contribution in [0.1, 0.15) is 62.6 Å². The first-order valence-corrected chi connectivity index (χ1v) is 6.99. The lowest BCUT2D eigenvalue weighted by Crippen LogP contribution is -2.23. The van der Waals surface area contributed by atoms with E-state index in [9.17, 15) is 5.11 Å². The van der Waals surface area contributed by atoms with Crippen LogP contribution in [-0.2, 0) is 0 Å². The summed E-state index contributed by atoms with van der Waals surface area (Å²) in [6.45, 7) is 4.73. The zero-order valence-corrected chi connectivity index (χ0v) is 11.5. The monoisotopic (exact) mass is 247 g/mol. The quantitative estimate of drug-likeness (QED) is 0.860. The number of aliphatic hydroxyl groups is 1. The molecule has 1 aliphatic carbocycles. The van der Waals surface area contributed by atoms with E-state index in [-0.39, 0.29) is 12.6 Å². The summed E-state index contributed by atoms with van der Waals surface area (Å²) < 4.78 is 0. The third-order valence-corrected chi connectivity index (χ3v) is 4.37. The highest BCUT2D eigenvalue weighted by molar-refractivity contribution is 5.33. The van der Waals surface area contributed by atoms with E-state index in [0.29, 0.717) is 11.3 Å². The largest absolute Gasteiger partial charge is 0.394 e. The summed E-state index contributed by atoms with van der Waals surface area (Å²) in [5, 5.41) is 9.27. The molecule has 18 heavy (non-hydrogen) atoms. The summed E-state index contributed by atoms with van der Waals surface area (Å²) in [5.74, 6) is 0.617. The molecule has 1 unspecified atom stereocenters. The summed E-state index contributed by atoms with van der Waals surface area (Å²) in [4.78, 5) is 0. The van der Waals surface area contributed by atoms with Crippen LogP contribution in [0.15, 0.2) is 24.3 Å². The van der Waals surface area contributed by atoms with Gasteiger partial charge in [0.1, 0.15) is 0 Å². The van der Waals surface area contributed by atoms with Crippen molar-refractivity contribution in [3.63, 3.8) is 0 Å². The van der Waals surface area contributed by atoms with Gasteiger partial charge in [-0.25, -0.2) is 0 Å². The zero-order chi connectivity index (χ0) is 13.2. The van der Waals surface area contributed by atoms with Crippen molar-refractivity contribution >= 4 is 0 Å². The summed E-state index contributed by atoms with van der Waals surface area (Å²) in [6, 6.07) is 8.12. The fourth-order valence-electron chi connectivity index (χ4n) is 3.03. The molecule has 1 atom stereocenters. The molecular weight excluding hydrogens is 222 g/mol. The SMILES string of the molecule is CC1(C)CCC(c2ccccc2C(N)CO)CC1. The van der Waals surface area contributed by atoms with Crippen LogP contribution in [0.5, 0.6) is 0 Å². The van der Waals surface area contributed by atoms with Crippen molar-refractivity contribution in [3.8, 4) is 0 Å². The maximum atomic E-state index is 9.27. The van der Waals surface area contributed by atoms with Crippen molar-refractivity contribution in [1.82, 2.24) is 0 Å². The molecule has 0 amide bonds. The van der Waals surface area contributed by atoms with E-state index in [1.54, 1.807) is 0 Å². The van der Waals surface area contributed by atoms with Crippen LogP contribution in [-0.4, -0.2) is 11.7 Å². The molecular formula is C16H25NO. The van der Waals surface area contributed by atoms with Gasteiger partial charge in [-0.1, -0.05) is 38.1 Å². The maximum Gasteiger partial charge on any atom is 0.0624 e. The first-order valence-electron chi connectivity index (χ1n) is 6.99. The van der Waals surface area contributed by atoms with Gasteiger partial charge in [-0.3, -0.25) is 0 Å². The van der Waals surface area contributed by atoms with Crippen molar-refractivity contribution in [1.29, 1.82) is 0 Å². The minimum absolute atomic E-state index is 0.0230. The van der Waals surface area contributed by atoms with Gasteiger partial charge in [0.2, 0.25) is 0 Å². The van der Waals surface area contributed by atoms with Crippen molar-refractivity contribution in [2.24, 2.45) is 11.1 Å². The average molecular weight is 247 g/mol. The van der Waals surface area contributed by atoms with Crippen LogP contribution in [0.4, 0.5) is 0 Å². The van der Waals surface area contributed by atoms with Gasteiger partial charge in [-0.05, 0) is 48.1 Å². The van der Waals surface area contributed by atoms with Crippen molar-refractivity contribution in [3.05, 3.63) is 35.4 Å². The lowest BCUT2D eigenvalue weighted by atomic mass is 9.70.